The Morgan fingerprint density at radius 2 is 1.83 bits per heavy atom. The summed E-state index contributed by atoms with van der Waals surface area (Å²) in [4.78, 5) is 25.0. The molecule has 1 unspecified atom stereocenters. The van der Waals surface area contributed by atoms with E-state index in [1.807, 2.05) is 11.4 Å². The minimum atomic E-state index is -0.711. The lowest BCUT2D eigenvalue weighted by Crippen LogP contribution is -2.15. The topological polar surface area (TPSA) is 94.9 Å². The summed E-state index contributed by atoms with van der Waals surface area (Å²) in [6.45, 7) is 1.29. The molecule has 7 nitrogen and oxygen atoms in total. The number of carbonyl (C=O) groups is 2. The van der Waals surface area contributed by atoms with Crippen molar-refractivity contribution in [1.29, 1.82) is 5.26 Å². The van der Waals surface area contributed by atoms with Crippen LogP contribution in [0.3, 0.4) is 0 Å². The molecule has 0 fully saturated rings. The van der Waals surface area contributed by atoms with E-state index in [4.69, 9.17) is 18.9 Å². The van der Waals surface area contributed by atoms with Crippen molar-refractivity contribution >= 4 is 29.2 Å². The number of ketones is 1. The normalized spacial score (nSPS) is 11.9. The second kappa shape index (κ2) is 11.0. The Kier molecular flexibility index (Phi) is 8.44. The molecule has 1 atom stereocenters. The summed E-state index contributed by atoms with van der Waals surface area (Å²) < 4.78 is 21.2. The number of thiophene rings is 1. The van der Waals surface area contributed by atoms with Crippen LogP contribution in [0.2, 0.25) is 0 Å². The molecule has 0 saturated heterocycles. The summed E-state index contributed by atoms with van der Waals surface area (Å²) in [6.07, 6.45) is 1.75. The molecule has 0 N–H and O–H groups in total. The number of esters is 1. The van der Waals surface area contributed by atoms with Crippen molar-refractivity contribution < 1.29 is 28.5 Å². The van der Waals surface area contributed by atoms with E-state index in [1.54, 1.807) is 18.2 Å². The Balaban J connectivity index is 2.11. The highest BCUT2D eigenvalue weighted by Gasteiger charge is 2.21. The van der Waals surface area contributed by atoms with Gasteiger partial charge in [-0.15, -0.1) is 11.3 Å². The third-order valence-electron chi connectivity index (χ3n) is 4.31. The lowest BCUT2D eigenvalue weighted by Gasteiger charge is -2.16. The summed E-state index contributed by atoms with van der Waals surface area (Å²) in [5, 5.41) is 11.5. The quantitative estimate of drug-likeness (QED) is 0.244. The van der Waals surface area contributed by atoms with Gasteiger partial charge in [-0.1, -0.05) is 6.07 Å². The van der Waals surface area contributed by atoms with Crippen molar-refractivity contribution in [2.75, 3.05) is 27.9 Å². The van der Waals surface area contributed by atoms with Crippen LogP contribution in [0.25, 0.3) is 6.08 Å². The average molecular weight is 429 g/mol. The highest BCUT2D eigenvalue weighted by molar-refractivity contribution is 7.10. The van der Waals surface area contributed by atoms with E-state index >= 15 is 0 Å². The summed E-state index contributed by atoms with van der Waals surface area (Å²) in [6, 6.07) is 9.21. The van der Waals surface area contributed by atoms with Crippen LogP contribution in [0, 0.1) is 11.3 Å². The van der Waals surface area contributed by atoms with E-state index in [-0.39, 0.29) is 24.4 Å². The Morgan fingerprint density at radius 3 is 2.30 bits per heavy atom. The second-order valence-corrected chi connectivity index (χ2v) is 7.17. The van der Waals surface area contributed by atoms with Crippen molar-refractivity contribution in [2.45, 2.75) is 19.3 Å². The zero-order chi connectivity index (χ0) is 22.1. The molecule has 0 spiro atoms. The van der Waals surface area contributed by atoms with Gasteiger partial charge >= 0.3 is 5.97 Å². The van der Waals surface area contributed by atoms with Gasteiger partial charge in [-0.2, -0.15) is 5.26 Å². The van der Waals surface area contributed by atoms with Crippen LogP contribution < -0.4 is 14.2 Å². The highest BCUT2D eigenvalue weighted by Crippen LogP contribution is 2.40. The average Bonchev–Trinajstić information content (AvgIpc) is 3.26. The molecule has 0 saturated carbocycles. The molecule has 30 heavy (non-hydrogen) atoms. The Labute approximate surface area is 179 Å². The van der Waals surface area contributed by atoms with Gasteiger partial charge in [-0.3, -0.25) is 4.79 Å². The molecule has 2 aromatic rings. The number of Topliss-reactive ketones (excluding diaryl/α,β-unsaturated/α-hetero) is 1. The molecule has 0 radical (unpaired) electrons. The molecule has 158 valence electrons. The Morgan fingerprint density at radius 1 is 1.17 bits per heavy atom. The molecule has 0 aliphatic carbocycles. The van der Waals surface area contributed by atoms with E-state index in [0.29, 0.717) is 22.8 Å². The number of ether oxygens (including phenoxy) is 4. The maximum atomic E-state index is 12.4. The lowest BCUT2D eigenvalue weighted by atomic mass is 9.96. The maximum absolute atomic E-state index is 12.4. The lowest BCUT2D eigenvalue weighted by molar-refractivity contribution is -0.140. The maximum Gasteiger partial charge on any atom is 0.341 e. The zero-order valence-corrected chi connectivity index (χ0v) is 18.1. The molecule has 0 bridgehead atoms. The van der Waals surface area contributed by atoms with Gasteiger partial charge in [0.05, 0.1) is 39.9 Å². The number of rotatable bonds is 10. The van der Waals surface area contributed by atoms with Crippen molar-refractivity contribution in [3.05, 3.63) is 45.7 Å². The minimum absolute atomic E-state index is 0.0250. The van der Waals surface area contributed by atoms with Gasteiger partial charge in [-0.25, -0.2) is 4.79 Å². The van der Waals surface area contributed by atoms with Crippen LogP contribution in [-0.4, -0.2) is 39.7 Å². The molecule has 0 aliphatic heterocycles. The summed E-state index contributed by atoms with van der Waals surface area (Å²) >= 11 is 1.41. The molecule has 1 heterocycles. The number of hydrogen-bond donors (Lipinski definition) is 0. The monoisotopic (exact) mass is 429 g/mol. The molecule has 1 aromatic carbocycles. The highest BCUT2D eigenvalue weighted by atomic mass is 32.1. The molecular weight excluding hydrogens is 406 g/mol. The number of nitrogens with zero attached hydrogens (tertiary/aromatic N) is 1. The van der Waals surface area contributed by atoms with Gasteiger partial charge in [-0.05, 0) is 42.1 Å². The van der Waals surface area contributed by atoms with Gasteiger partial charge < -0.3 is 18.9 Å². The fraction of sp³-hybridized carbons (Fsp3) is 0.318. The molecule has 0 aliphatic rings. The van der Waals surface area contributed by atoms with Crippen LogP contribution in [0.1, 0.15) is 29.7 Å². The van der Waals surface area contributed by atoms with Crippen molar-refractivity contribution in [2.24, 2.45) is 0 Å². The van der Waals surface area contributed by atoms with Crippen LogP contribution in [0.15, 0.2) is 35.2 Å². The molecular formula is C22H23NO6S. The predicted octanol–water partition coefficient (Wildman–Crippen LogP) is 3.99. The zero-order valence-electron chi connectivity index (χ0n) is 17.3. The largest absolute Gasteiger partial charge is 0.493 e. The van der Waals surface area contributed by atoms with Gasteiger partial charge in [0.15, 0.2) is 17.3 Å². The van der Waals surface area contributed by atoms with Gasteiger partial charge in [0.25, 0.3) is 0 Å². The Bertz CT molecular complexity index is 933. The first-order valence-corrected chi connectivity index (χ1v) is 9.95. The SMILES string of the molecule is COc1cc(C(C#N)CCOC(=O)C(=Cc2cccs2)C(C)=O)cc(OC)c1OC. The fourth-order valence-electron chi connectivity index (χ4n) is 2.78. The number of nitriles is 1. The van der Waals surface area contributed by atoms with E-state index in [9.17, 15) is 14.9 Å². The minimum Gasteiger partial charge on any atom is -0.493 e. The van der Waals surface area contributed by atoms with Crippen molar-refractivity contribution in [3.8, 4) is 23.3 Å². The molecule has 1 aromatic heterocycles. The standard InChI is InChI=1S/C22H23NO6S/c1-14(24)18(12-17-6-5-9-30-17)22(25)29-8-7-15(13-23)16-10-19(26-2)21(28-4)20(11-16)27-3/h5-6,9-12,15H,7-8H2,1-4H3. The van der Waals surface area contributed by atoms with Crippen molar-refractivity contribution in [3.63, 3.8) is 0 Å². The summed E-state index contributed by atoms with van der Waals surface area (Å²) in [5.74, 6) is -0.374. The van der Waals surface area contributed by atoms with Crippen molar-refractivity contribution in [1.82, 2.24) is 0 Å². The van der Waals surface area contributed by atoms with E-state index in [0.717, 1.165) is 4.88 Å². The molecule has 2 rings (SSSR count). The molecule has 0 amide bonds. The third kappa shape index (κ3) is 5.61. The van der Waals surface area contributed by atoms with E-state index in [1.165, 1.54) is 45.7 Å². The van der Waals surface area contributed by atoms with Gasteiger partial charge in [0.2, 0.25) is 5.75 Å². The first-order chi connectivity index (χ1) is 14.4. The van der Waals surface area contributed by atoms with E-state index in [2.05, 4.69) is 6.07 Å². The summed E-state index contributed by atoms with van der Waals surface area (Å²) in [5.41, 5.74) is 0.614. The number of methoxy groups -OCH3 is 3. The van der Waals surface area contributed by atoms with Crippen LogP contribution in [0.5, 0.6) is 17.2 Å². The number of benzene rings is 1. The number of carbonyl (C=O) groups excluding carboxylic acids is 2. The smallest absolute Gasteiger partial charge is 0.341 e. The summed E-state index contributed by atoms with van der Waals surface area (Å²) in [7, 11) is 4.48. The molecule has 8 heteroatoms. The van der Waals surface area contributed by atoms with Gasteiger partial charge in [0, 0.05) is 11.3 Å². The Hall–Kier alpha value is -3.31. The van der Waals surface area contributed by atoms with Crippen LogP contribution >= 0.6 is 11.3 Å². The number of hydrogen-bond acceptors (Lipinski definition) is 8. The first kappa shape index (κ1) is 23.0. The predicted molar refractivity (Wildman–Crippen MR) is 113 cm³/mol. The van der Waals surface area contributed by atoms with Gasteiger partial charge in [0.1, 0.15) is 5.57 Å². The fourth-order valence-corrected chi connectivity index (χ4v) is 3.43. The van der Waals surface area contributed by atoms with Crippen LogP contribution in [0.4, 0.5) is 0 Å². The van der Waals surface area contributed by atoms with E-state index < -0.39 is 11.9 Å². The first-order valence-electron chi connectivity index (χ1n) is 9.07. The second-order valence-electron chi connectivity index (χ2n) is 6.19. The third-order valence-corrected chi connectivity index (χ3v) is 5.13. The van der Waals surface area contributed by atoms with Crippen LogP contribution in [-0.2, 0) is 14.3 Å².